The van der Waals surface area contributed by atoms with Crippen molar-refractivity contribution in [2.24, 2.45) is 11.8 Å². The van der Waals surface area contributed by atoms with Crippen LogP contribution in [-0.4, -0.2) is 23.0 Å². The first kappa shape index (κ1) is 15.9. The zero-order chi connectivity index (χ0) is 13.4. The molecule has 0 fully saturated rings. The van der Waals surface area contributed by atoms with Crippen molar-refractivity contribution < 1.29 is 14.7 Å². The van der Waals surface area contributed by atoms with Gasteiger partial charge in [0.2, 0.25) is 5.91 Å². The van der Waals surface area contributed by atoms with Gasteiger partial charge in [0.15, 0.2) is 0 Å². The molecule has 2 N–H and O–H groups in total. The molecule has 0 bridgehead atoms. The van der Waals surface area contributed by atoms with Crippen molar-refractivity contribution in [1.29, 1.82) is 0 Å². The van der Waals surface area contributed by atoms with Gasteiger partial charge >= 0.3 is 5.97 Å². The molecule has 0 aromatic heterocycles. The van der Waals surface area contributed by atoms with Gasteiger partial charge in [-0.1, -0.05) is 47.0 Å². The molecule has 0 heterocycles. The summed E-state index contributed by atoms with van der Waals surface area (Å²) >= 11 is 0. The highest BCUT2D eigenvalue weighted by Crippen LogP contribution is 2.13. The molecule has 4 heteroatoms. The van der Waals surface area contributed by atoms with E-state index >= 15 is 0 Å². The summed E-state index contributed by atoms with van der Waals surface area (Å²) in [6.45, 7) is 7.86. The van der Waals surface area contributed by atoms with Gasteiger partial charge in [-0.25, -0.2) is 4.79 Å². The standard InChI is InChI=1S/C13H25NO3/c1-5-9(4)12(13(16)17)14-11(15)8-10(6-2)7-3/h9-10,12H,5-8H2,1-4H3,(H,14,15)(H,16,17)/t9-,12-/m0/s1. The summed E-state index contributed by atoms with van der Waals surface area (Å²) in [4.78, 5) is 22.8. The smallest absolute Gasteiger partial charge is 0.326 e. The van der Waals surface area contributed by atoms with Gasteiger partial charge in [0.25, 0.3) is 0 Å². The Morgan fingerprint density at radius 2 is 1.65 bits per heavy atom. The Kier molecular flexibility index (Phi) is 7.59. The topological polar surface area (TPSA) is 66.4 Å². The number of hydrogen-bond acceptors (Lipinski definition) is 2. The number of amides is 1. The van der Waals surface area contributed by atoms with Crippen molar-refractivity contribution in [3.63, 3.8) is 0 Å². The Morgan fingerprint density at radius 1 is 1.12 bits per heavy atom. The molecule has 0 rings (SSSR count). The maximum Gasteiger partial charge on any atom is 0.326 e. The SMILES string of the molecule is CCC(CC)CC(=O)N[C@H](C(=O)O)[C@@H](C)CC. The van der Waals surface area contributed by atoms with Crippen molar-refractivity contribution in [1.82, 2.24) is 5.32 Å². The minimum atomic E-state index is -0.947. The number of carboxylic acid groups (broad SMARTS) is 1. The number of rotatable bonds is 8. The summed E-state index contributed by atoms with van der Waals surface area (Å²) in [5, 5.41) is 11.7. The first-order valence-electron chi connectivity index (χ1n) is 6.48. The average molecular weight is 243 g/mol. The second-order valence-electron chi connectivity index (χ2n) is 4.66. The molecule has 0 radical (unpaired) electrons. The number of carbonyl (C=O) groups is 2. The van der Waals surface area contributed by atoms with Crippen molar-refractivity contribution >= 4 is 11.9 Å². The van der Waals surface area contributed by atoms with Crippen LogP contribution in [0.1, 0.15) is 53.4 Å². The monoisotopic (exact) mass is 243 g/mol. The third kappa shape index (κ3) is 5.71. The van der Waals surface area contributed by atoms with Crippen LogP contribution in [0.15, 0.2) is 0 Å². The van der Waals surface area contributed by atoms with E-state index in [0.29, 0.717) is 12.3 Å². The number of aliphatic carboxylic acids is 1. The largest absolute Gasteiger partial charge is 0.480 e. The van der Waals surface area contributed by atoms with E-state index < -0.39 is 12.0 Å². The van der Waals surface area contributed by atoms with E-state index in [1.54, 1.807) is 0 Å². The Morgan fingerprint density at radius 3 is 2.00 bits per heavy atom. The fourth-order valence-corrected chi connectivity index (χ4v) is 1.75. The maximum absolute atomic E-state index is 11.7. The van der Waals surface area contributed by atoms with E-state index in [0.717, 1.165) is 19.3 Å². The predicted molar refractivity (Wildman–Crippen MR) is 67.7 cm³/mol. The van der Waals surface area contributed by atoms with Crippen molar-refractivity contribution in [3.05, 3.63) is 0 Å². The molecular weight excluding hydrogens is 218 g/mol. The van der Waals surface area contributed by atoms with E-state index in [1.165, 1.54) is 0 Å². The highest BCUT2D eigenvalue weighted by molar-refractivity contribution is 5.83. The second kappa shape index (κ2) is 8.09. The van der Waals surface area contributed by atoms with Gasteiger partial charge in [-0.2, -0.15) is 0 Å². The van der Waals surface area contributed by atoms with E-state index in [-0.39, 0.29) is 11.8 Å². The van der Waals surface area contributed by atoms with Gasteiger partial charge in [-0.05, 0) is 11.8 Å². The zero-order valence-electron chi connectivity index (χ0n) is 11.3. The van der Waals surface area contributed by atoms with Crippen LogP contribution in [0.5, 0.6) is 0 Å². The first-order valence-corrected chi connectivity index (χ1v) is 6.48. The van der Waals surface area contributed by atoms with Crippen LogP contribution < -0.4 is 5.32 Å². The molecule has 0 saturated heterocycles. The number of nitrogens with one attached hydrogen (secondary N) is 1. The van der Waals surface area contributed by atoms with Gasteiger partial charge in [0.1, 0.15) is 6.04 Å². The maximum atomic E-state index is 11.7. The third-order valence-electron chi connectivity index (χ3n) is 3.42. The average Bonchev–Trinajstić information content (AvgIpc) is 2.31. The van der Waals surface area contributed by atoms with Crippen LogP contribution in [0.25, 0.3) is 0 Å². The van der Waals surface area contributed by atoms with Crippen molar-refractivity contribution in [2.75, 3.05) is 0 Å². The van der Waals surface area contributed by atoms with Gasteiger partial charge in [0.05, 0.1) is 0 Å². The number of carbonyl (C=O) groups excluding carboxylic acids is 1. The molecule has 1 amide bonds. The van der Waals surface area contributed by atoms with Crippen molar-refractivity contribution in [3.8, 4) is 0 Å². The quantitative estimate of drug-likeness (QED) is 0.688. The minimum absolute atomic E-state index is 0.0434. The van der Waals surface area contributed by atoms with Gasteiger partial charge in [-0.3, -0.25) is 4.79 Å². The molecule has 2 atom stereocenters. The Labute approximate surface area is 104 Å². The normalized spacial score (nSPS) is 14.4. The Hall–Kier alpha value is -1.06. The number of hydrogen-bond donors (Lipinski definition) is 2. The molecule has 0 aromatic carbocycles. The van der Waals surface area contributed by atoms with E-state index in [2.05, 4.69) is 5.32 Å². The third-order valence-corrected chi connectivity index (χ3v) is 3.42. The fourth-order valence-electron chi connectivity index (χ4n) is 1.75. The predicted octanol–water partition coefficient (Wildman–Crippen LogP) is 2.43. The molecule has 0 spiro atoms. The summed E-state index contributed by atoms with van der Waals surface area (Å²) in [7, 11) is 0. The van der Waals surface area contributed by atoms with Crippen LogP contribution in [-0.2, 0) is 9.59 Å². The molecule has 0 aliphatic rings. The molecule has 0 aliphatic carbocycles. The van der Waals surface area contributed by atoms with Crippen LogP contribution in [0.4, 0.5) is 0 Å². The molecule has 4 nitrogen and oxygen atoms in total. The highest BCUT2D eigenvalue weighted by Gasteiger charge is 2.25. The lowest BCUT2D eigenvalue weighted by Gasteiger charge is -2.21. The van der Waals surface area contributed by atoms with Gasteiger partial charge in [0, 0.05) is 6.42 Å². The minimum Gasteiger partial charge on any atom is -0.480 e. The van der Waals surface area contributed by atoms with Crippen molar-refractivity contribution in [2.45, 2.75) is 59.4 Å². The Bertz CT molecular complexity index is 249. The molecule has 17 heavy (non-hydrogen) atoms. The zero-order valence-corrected chi connectivity index (χ0v) is 11.3. The summed E-state index contributed by atoms with van der Waals surface area (Å²) in [5.74, 6) is -0.789. The van der Waals surface area contributed by atoms with Crippen LogP contribution >= 0.6 is 0 Å². The lowest BCUT2D eigenvalue weighted by Crippen LogP contribution is -2.45. The number of carboxylic acids is 1. The lowest BCUT2D eigenvalue weighted by molar-refractivity contribution is -0.143. The summed E-state index contributed by atoms with van der Waals surface area (Å²) in [6, 6.07) is -0.762. The van der Waals surface area contributed by atoms with Gasteiger partial charge < -0.3 is 10.4 Å². The second-order valence-corrected chi connectivity index (χ2v) is 4.66. The first-order chi connectivity index (χ1) is 7.96. The molecular formula is C13H25NO3. The molecule has 0 aliphatic heterocycles. The summed E-state index contributed by atoms with van der Waals surface area (Å²) < 4.78 is 0. The van der Waals surface area contributed by atoms with Crippen LogP contribution in [0, 0.1) is 11.8 Å². The molecule has 0 aromatic rings. The van der Waals surface area contributed by atoms with E-state index in [1.807, 2.05) is 27.7 Å². The van der Waals surface area contributed by atoms with Gasteiger partial charge in [-0.15, -0.1) is 0 Å². The summed E-state index contributed by atoms with van der Waals surface area (Å²) in [5.41, 5.74) is 0. The lowest BCUT2D eigenvalue weighted by atomic mass is 9.96. The molecule has 0 saturated carbocycles. The van der Waals surface area contributed by atoms with E-state index in [9.17, 15) is 9.59 Å². The van der Waals surface area contributed by atoms with E-state index in [4.69, 9.17) is 5.11 Å². The Balaban J connectivity index is 4.36. The molecule has 0 unspecified atom stereocenters. The highest BCUT2D eigenvalue weighted by atomic mass is 16.4. The van der Waals surface area contributed by atoms with Crippen LogP contribution in [0.2, 0.25) is 0 Å². The summed E-state index contributed by atoms with van der Waals surface area (Å²) in [6.07, 6.45) is 3.06. The fraction of sp³-hybridized carbons (Fsp3) is 0.846. The molecule has 100 valence electrons. The van der Waals surface area contributed by atoms with Crippen LogP contribution in [0.3, 0.4) is 0 Å².